The van der Waals surface area contributed by atoms with Gasteiger partial charge in [-0.2, -0.15) is 5.26 Å². The summed E-state index contributed by atoms with van der Waals surface area (Å²) in [6.45, 7) is 8.10. The van der Waals surface area contributed by atoms with Crippen LogP contribution in [-0.4, -0.2) is 24.6 Å². The molecule has 0 unspecified atom stereocenters. The van der Waals surface area contributed by atoms with Crippen molar-refractivity contribution in [1.82, 2.24) is 9.97 Å². The van der Waals surface area contributed by atoms with Gasteiger partial charge in [-0.1, -0.05) is 19.6 Å². The Balaban J connectivity index is 2.41. The molecule has 0 aliphatic heterocycles. The molecule has 0 bridgehead atoms. The smallest absolute Gasteiger partial charge is 0.176 e. The van der Waals surface area contributed by atoms with Gasteiger partial charge in [0.1, 0.15) is 6.07 Å². The highest BCUT2D eigenvalue weighted by atomic mass is 79.9. The second-order valence-electron chi connectivity index (χ2n) is 4.83. The van der Waals surface area contributed by atoms with Crippen LogP contribution in [0.25, 0.3) is 0 Å². The van der Waals surface area contributed by atoms with Crippen LogP contribution in [0.4, 0.5) is 0 Å². The SMILES string of the molecule is C[Si](C)(C)CCOCc1[nH]c(Br)nc1C#N. The van der Waals surface area contributed by atoms with Crippen LogP contribution in [0.5, 0.6) is 0 Å². The molecule has 1 aromatic rings. The second kappa shape index (κ2) is 5.62. The van der Waals surface area contributed by atoms with Gasteiger partial charge in [0.15, 0.2) is 10.4 Å². The number of halogens is 1. The molecule has 0 saturated heterocycles. The molecule has 0 amide bonds. The molecule has 1 heterocycles. The Morgan fingerprint density at radius 1 is 1.50 bits per heavy atom. The van der Waals surface area contributed by atoms with E-state index in [4.69, 9.17) is 10.00 Å². The Hall–Kier alpha value is -0.643. The van der Waals surface area contributed by atoms with Crippen molar-refractivity contribution in [1.29, 1.82) is 5.26 Å². The Morgan fingerprint density at radius 2 is 2.19 bits per heavy atom. The molecule has 1 aromatic heterocycles. The van der Waals surface area contributed by atoms with Crippen molar-refractivity contribution in [3.8, 4) is 6.07 Å². The first-order chi connectivity index (χ1) is 7.42. The summed E-state index contributed by atoms with van der Waals surface area (Å²) in [6.07, 6.45) is 0. The number of imidazole rings is 1. The van der Waals surface area contributed by atoms with E-state index in [0.717, 1.165) is 18.3 Å². The average molecular weight is 302 g/mol. The van der Waals surface area contributed by atoms with Gasteiger partial charge in [-0.25, -0.2) is 4.98 Å². The lowest BCUT2D eigenvalue weighted by Crippen LogP contribution is -2.21. The molecule has 4 nitrogen and oxygen atoms in total. The highest BCUT2D eigenvalue weighted by Crippen LogP contribution is 2.12. The van der Waals surface area contributed by atoms with Gasteiger partial charge in [0.05, 0.1) is 12.3 Å². The van der Waals surface area contributed by atoms with Gasteiger partial charge in [0.25, 0.3) is 0 Å². The standard InChI is InChI=1S/C10H16BrN3OSi/c1-16(2,3)5-4-15-7-9-8(6-12)13-10(11)14-9/h4-5,7H2,1-3H3,(H,13,14). The Morgan fingerprint density at radius 3 is 2.75 bits per heavy atom. The summed E-state index contributed by atoms with van der Waals surface area (Å²) in [5.41, 5.74) is 1.14. The lowest BCUT2D eigenvalue weighted by atomic mass is 10.3. The predicted octanol–water partition coefficient (Wildman–Crippen LogP) is 2.90. The number of aromatic nitrogens is 2. The monoisotopic (exact) mass is 301 g/mol. The molecule has 0 aliphatic rings. The number of ether oxygens (including phenoxy) is 1. The predicted molar refractivity (Wildman–Crippen MR) is 68.8 cm³/mol. The summed E-state index contributed by atoms with van der Waals surface area (Å²) < 4.78 is 6.12. The number of nitrogens with one attached hydrogen (secondary N) is 1. The average Bonchev–Trinajstić information content (AvgIpc) is 2.52. The van der Waals surface area contributed by atoms with Crippen molar-refractivity contribution < 1.29 is 4.74 Å². The van der Waals surface area contributed by atoms with Crippen molar-refractivity contribution in [3.63, 3.8) is 0 Å². The van der Waals surface area contributed by atoms with Gasteiger partial charge in [0.2, 0.25) is 0 Å². The molecule has 1 N–H and O–H groups in total. The lowest BCUT2D eigenvalue weighted by molar-refractivity contribution is 0.130. The van der Waals surface area contributed by atoms with E-state index in [-0.39, 0.29) is 0 Å². The number of hydrogen-bond donors (Lipinski definition) is 1. The fourth-order valence-electron chi connectivity index (χ4n) is 1.13. The Kier molecular flexibility index (Phi) is 4.71. The molecule has 0 atom stereocenters. The van der Waals surface area contributed by atoms with E-state index in [0.29, 0.717) is 17.0 Å². The molecular formula is C10H16BrN3OSi. The second-order valence-corrected chi connectivity index (χ2v) is 11.2. The van der Waals surface area contributed by atoms with Crippen LogP contribution in [0.15, 0.2) is 4.73 Å². The van der Waals surface area contributed by atoms with Crippen LogP contribution in [0.3, 0.4) is 0 Å². The zero-order valence-electron chi connectivity index (χ0n) is 9.80. The minimum atomic E-state index is -1.04. The van der Waals surface area contributed by atoms with Gasteiger partial charge >= 0.3 is 0 Å². The van der Waals surface area contributed by atoms with E-state index in [1.165, 1.54) is 0 Å². The van der Waals surface area contributed by atoms with Gasteiger partial charge < -0.3 is 9.72 Å². The minimum Gasteiger partial charge on any atom is -0.375 e. The van der Waals surface area contributed by atoms with Gasteiger partial charge in [-0.05, 0) is 22.0 Å². The molecular weight excluding hydrogens is 286 g/mol. The molecule has 0 radical (unpaired) electrons. The summed E-state index contributed by atoms with van der Waals surface area (Å²) >= 11 is 3.20. The van der Waals surface area contributed by atoms with Gasteiger partial charge in [-0.3, -0.25) is 0 Å². The van der Waals surface area contributed by atoms with E-state index in [9.17, 15) is 0 Å². The van der Waals surface area contributed by atoms with Crippen LogP contribution in [0.1, 0.15) is 11.4 Å². The third-order valence-electron chi connectivity index (χ3n) is 2.10. The molecule has 0 aromatic carbocycles. The lowest BCUT2D eigenvalue weighted by Gasteiger charge is -2.14. The van der Waals surface area contributed by atoms with E-state index in [1.54, 1.807) is 0 Å². The molecule has 6 heteroatoms. The third kappa shape index (κ3) is 4.47. The normalized spacial score (nSPS) is 11.4. The fraction of sp³-hybridized carbons (Fsp3) is 0.600. The van der Waals surface area contributed by atoms with Crippen LogP contribution >= 0.6 is 15.9 Å². The third-order valence-corrected chi connectivity index (χ3v) is 4.18. The van der Waals surface area contributed by atoms with E-state index >= 15 is 0 Å². The summed E-state index contributed by atoms with van der Waals surface area (Å²) in [6, 6.07) is 3.16. The number of H-pyrrole nitrogens is 1. The molecule has 0 fully saturated rings. The van der Waals surface area contributed by atoms with E-state index < -0.39 is 8.07 Å². The zero-order valence-corrected chi connectivity index (χ0v) is 12.4. The van der Waals surface area contributed by atoms with Crippen molar-refractivity contribution in [2.45, 2.75) is 32.3 Å². The zero-order chi connectivity index (χ0) is 12.2. The topological polar surface area (TPSA) is 61.7 Å². The van der Waals surface area contributed by atoms with Crippen molar-refractivity contribution in [2.75, 3.05) is 6.61 Å². The Bertz CT molecular complexity index is 392. The summed E-state index contributed by atoms with van der Waals surface area (Å²) in [7, 11) is -1.04. The van der Waals surface area contributed by atoms with Crippen LogP contribution < -0.4 is 0 Å². The number of rotatable bonds is 5. The van der Waals surface area contributed by atoms with Gasteiger partial charge in [-0.15, -0.1) is 0 Å². The van der Waals surface area contributed by atoms with Gasteiger partial charge in [0, 0.05) is 14.7 Å². The summed E-state index contributed by atoms with van der Waals surface area (Å²) in [5.74, 6) is 0. The minimum absolute atomic E-state index is 0.403. The maximum absolute atomic E-state index is 8.82. The number of nitriles is 1. The number of hydrogen-bond acceptors (Lipinski definition) is 3. The maximum atomic E-state index is 8.82. The van der Waals surface area contributed by atoms with Crippen molar-refractivity contribution in [2.24, 2.45) is 0 Å². The van der Waals surface area contributed by atoms with Crippen LogP contribution in [0.2, 0.25) is 25.7 Å². The molecule has 0 aliphatic carbocycles. The fourth-order valence-corrected chi connectivity index (χ4v) is 2.30. The van der Waals surface area contributed by atoms with Crippen LogP contribution in [-0.2, 0) is 11.3 Å². The van der Waals surface area contributed by atoms with Crippen LogP contribution in [0, 0.1) is 11.3 Å². The largest absolute Gasteiger partial charge is 0.375 e. The quantitative estimate of drug-likeness (QED) is 0.672. The molecule has 0 spiro atoms. The first-order valence-electron chi connectivity index (χ1n) is 5.14. The molecule has 88 valence electrons. The first-order valence-corrected chi connectivity index (χ1v) is 9.64. The maximum Gasteiger partial charge on any atom is 0.176 e. The Labute approximate surface area is 105 Å². The van der Waals surface area contributed by atoms with Crippen molar-refractivity contribution in [3.05, 3.63) is 16.1 Å². The number of aromatic amines is 1. The highest BCUT2D eigenvalue weighted by molar-refractivity contribution is 9.10. The van der Waals surface area contributed by atoms with Crippen molar-refractivity contribution >= 4 is 24.0 Å². The molecule has 16 heavy (non-hydrogen) atoms. The first kappa shape index (κ1) is 13.4. The summed E-state index contributed by atoms with van der Waals surface area (Å²) in [5, 5.41) is 8.82. The van der Waals surface area contributed by atoms with E-state index in [1.807, 2.05) is 6.07 Å². The highest BCUT2D eigenvalue weighted by Gasteiger charge is 2.13. The molecule has 1 rings (SSSR count). The summed E-state index contributed by atoms with van der Waals surface area (Å²) in [4.78, 5) is 6.95. The van der Waals surface area contributed by atoms with E-state index in [2.05, 4.69) is 45.5 Å². The molecule has 0 saturated carbocycles. The number of nitrogens with zero attached hydrogens (tertiary/aromatic N) is 2.